The van der Waals surface area contributed by atoms with Crippen LogP contribution in [-0.2, 0) is 0 Å². The van der Waals surface area contributed by atoms with E-state index in [9.17, 15) is 9.90 Å². The van der Waals surface area contributed by atoms with Crippen LogP contribution in [0.1, 0.15) is 20.3 Å². The molecule has 0 bridgehead atoms. The highest BCUT2D eigenvalue weighted by Crippen LogP contribution is 2.12. The van der Waals surface area contributed by atoms with Crippen molar-refractivity contribution in [3.05, 3.63) is 0 Å². The Morgan fingerprint density at radius 1 is 1.67 bits per heavy atom. The zero-order valence-electron chi connectivity index (χ0n) is 9.52. The van der Waals surface area contributed by atoms with Crippen molar-refractivity contribution in [2.24, 2.45) is 5.73 Å². The van der Waals surface area contributed by atoms with Gasteiger partial charge in [-0.15, -0.1) is 0 Å². The molecule has 1 unspecified atom stereocenters. The molecule has 1 atom stereocenters. The lowest BCUT2D eigenvalue weighted by Gasteiger charge is -2.30. The monoisotopic (exact) mass is 215 g/mol. The normalized spacial score (nSPS) is 21.1. The van der Waals surface area contributed by atoms with Crippen molar-refractivity contribution in [1.29, 1.82) is 0 Å². The molecule has 88 valence electrons. The van der Waals surface area contributed by atoms with Gasteiger partial charge in [0, 0.05) is 32.2 Å². The van der Waals surface area contributed by atoms with Crippen molar-refractivity contribution in [3.8, 4) is 0 Å². The summed E-state index contributed by atoms with van der Waals surface area (Å²) in [4.78, 5) is 15.5. The van der Waals surface area contributed by atoms with Crippen LogP contribution in [0.2, 0.25) is 0 Å². The smallest absolute Gasteiger partial charge is 0.320 e. The molecular weight excluding hydrogens is 194 g/mol. The van der Waals surface area contributed by atoms with E-state index in [1.165, 1.54) is 0 Å². The zero-order valence-corrected chi connectivity index (χ0v) is 9.52. The lowest BCUT2D eigenvalue weighted by atomic mass is 10.3. The number of urea groups is 1. The Kier molecular flexibility index (Phi) is 4.35. The molecule has 1 aliphatic rings. The molecule has 1 heterocycles. The standard InChI is InChI=1S/C10H21N3O2/c1-8(2)13(6-4-11)10(15)12-5-3-9(14)7-12/h8-9,14H,3-7,11H2,1-2H3. The van der Waals surface area contributed by atoms with Gasteiger partial charge in [0.05, 0.1) is 6.10 Å². The third-order valence-electron chi connectivity index (χ3n) is 2.67. The van der Waals surface area contributed by atoms with E-state index in [1.54, 1.807) is 9.80 Å². The van der Waals surface area contributed by atoms with Gasteiger partial charge in [-0.05, 0) is 20.3 Å². The van der Waals surface area contributed by atoms with Crippen molar-refractivity contribution in [2.75, 3.05) is 26.2 Å². The number of likely N-dealkylation sites (tertiary alicyclic amines) is 1. The Bertz CT molecular complexity index is 221. The molecule has 0 saturated carbocycles. The van der Waals surface area contributed by atoms with Gasteiger partial charge >= 0.3 is 6.03 Å². The highest BCUT2D eigenvalue weighted by molar-refractivity contribution is 5.75. The van der Waals surface area contributed by atoms with Gasteiger partial charge < -0.3 is 20.6 Å². The van der Waals surface area contributed by atoms with E-state index in [0.717, 1.165) is 0 Å². The van der Waals surface area contributed by atoms with Gasteiger partial charge in [0.25, 0.3) is 0 Å². The maximum absolute atomic E-state index is 12.0. The minimum atomic E-state index is -0.360. The first kappa shape index (κ1) is 12.3. The maximum atomic E-state index is 12.0. The van der Waals surface area contributed by atoms with Gasteiger partial charge in [0.15, 0.2) is 0 Å². The molecule has 1 aliphatic heterocycles. The summed E-state index contributed by atoms with van der Waals surface area (Å²) in [5.74, 6) is 0. The highest BCUT2D eigenvalue weighted by atomic mass is 16.3. The van der Waals surface area contributed by atoms with Gasteiger partial charge in [-0.1, -0.05) is 0 Å². The predicted octanol–water partition coefficient (Wildman–Crippen LogP) is -0.158. The molecule has 2 amide bonds. The van der Waals surface area contributed by atoms with Crippen molar-refractivity contribution >= 4 is 6.03 Å². The third-order valence-corrected chi connectivity index (χ3v) is 2.67. The first-order valence-corrected chi connectivity index (χ1v) is 5.50. The van der Waals surface area contributed by atoms with E-state index in [1.807, 2.05) is 13.8 Å². The Balaban J connectivity index is 2.55. The van der Waals surface area contributed by atoms with Crippen LogP contribution in [0, 0.1) is 0 Å². The molecular formula is C10H21N3O2. The second-order valence-electron chi connectivity index (χ2n) is 4.25. The number of hydrogen-bond acceptors (Lipinski definition) is 3. The lowest BCUT2D eigenvalue weighted by Crippen LogP contribution is -2.47. The quantitative estimate of drug-likeness (QED) is 0.687. The molecule has 0 aromatic rings. The molecule has 5 nitrogen and oxygen atoms in total. The third kappa shape index (κ3) is 3.07. The van der Waals surface area contributed by atoms with Gasteiger partial charge in [-0.3, -0.25) is 0 Å². The number of nitrogens with two attached hydrogens (primary N) is 1. The van der Waals surface area contributed by atoms with E-state index in [2.05, 4.69) is 0 Å². The molecule has 1 rings (SSSR count). The number of nitrogens with zero attached hydrogens (tertiary/aromatic N) is 2. The van der Waals surface area contributed by atoms with Crippen LogP contribution in [0.4, 0.5) is 4.79 Å². The molecule has 0 spiro atoms. The Labute approximate surface area is 90.8 Å². The van der Waals surface area contributed by atoms with Gasteiger partial charge in [-0.2, -0.15) is 0 Å². The second kappa shape index (κ2) is 5.32. The van der Waals surface area contributed by atoms with Crippen LogP contribution in [0.25, 0.3) is 0 Å². The minimum absolute atomic E-state index is 0.00741. The Morgan fingerprint density at radius 3 is 2.73 bits per heavy atom. The van der Waals surface area contributed by atoms with E-state index in [0.29, 0.717) is 32.6 Å². The van der Waals surface area contributed by atoms with Gasteiger partial charge in [0.2, 0.25) is 0 Å². The SMILES string of the molecule is CC(C)N(CCN)C(=O)N1CCC(O)C1. The molecule has 5 heteroatoms. The van der Waals surface area contributed by atoms with Crippen molar-refractivity contribution in [1.82, 2.24) is 9.80 Å². The van der Waals surface area contributed by atoms with E-state index < -0.39 is 0 Å². The fraction of sp³-hybridized carbons (Fsp3) is 0.900. The maximum Gasteiger partial charge on any atom is 0.320 e. The summed E-state index contributed by atoms with van der Waals surface area (Å²) in [6.07, 6.45) is 0.321. The van der Waals surface area contributed by atoms with Crippen LogP contribution in [0.3, 0.4) is 0 Å². The first-order chi connectivity index (χ1) is 7.06. The molecule has 1 saturated heterocycles. The summed E-state index contributed by atoms with van der Waals surface area (Å²) in [5.41, 5.74) is 5.47. The fourth-order valence-corrected chi connectivity index (χ4v) is 1.81. The number of carbonyl (C=O) groups excluding carboxylic acids is 1. The highest BCUT2D eigenvalue weighted by Gasteiger charge is 2.28. The van der Waals surface area contributed by atoms with E-state index >= 15 is 0 Å². The Hall–Kier alpha value is -0.810. The number of aliphatic hydroxyl groups is 1. The van der Waals surface area contributed by atoms with Gasteiger partial charge in [0.1, 0.15) is 0 Å². The Morgan fingerprint density at radius 2 is 2.33 bits per heavy atom. The average molecular weight is 215 g/mol. The topological polar surface area (TPSA) is 69.8 Å². The molecule has 1 fully saturated rings. The summed E-state index contributed by atoms with van der Waals surface area (Å²) < 4.78 is 0. The molecule has 3 N–H and O–H groups in total. The van der Waals surface area contributed by atoms with Crippen LogP contribution in [0.5, 0.6) is 0 Å². The molecule has 0 aromatic carbocycles. The predicted molar refractivity (Wildman–Crippen MR) is 58.5 cm³/mol. The fourth-order valence-electron chi connectivity index (χ4n) is 1.81. The van der Waals surface area contributed by atoms with Crippen molar-refractivity contribution in [3.63, 3.8) is 0 Å². The summed E-state index contributed by atoms with van der Waals surface area (Å²) in [7, 11) is 0. The zero-order chi connectivity index (χ0) is 11.4. The first-order valence-electron chi connectivity index (χ1n) is 5.50. The number of amides is 2. The molecule has 0 aliphatic carbocycles. The average Bonchev–Trinajstić information content (AvgIpc) is 2.59. The van der Waals surface area contributed by atoms with Gasteiger partial charge in [-0.25, -0.2) is 4.79 Å². The van der Waals surface area contributed by atoms with E-state index in [-0.39, 0.29) is 18.2 Å². The largest absolute Gasteiger partial charge is 0.391 e. The number of β-amino-alcohol motifs (C(OH)–C–C–N with tert-alkyl or cyclic N) is 1. The molecule has 15 heavy (non-hydrogen) atoms. The summed E-state index contributed by atoms with van der Waals surface area (Å²) >= 11 is 0. The summed E-state index contributed by atoms with van der Waals surface area (Å²) in [5, 5.41) is 9.36. The van der Waals surface area contributed by atoms with E-state index in [4.69, 9.17) is 5.73 Å². The van der Waals surface area contributed by atoms with Crippen molar-refractivity contribution < 1.29 is 9.90 Å². The number of aliphatic hydroxyl groups excluding tert-OH is 1. The van der Waals surface area contributed by atoms with Crippen LogP contribution < -0.4 is 5.73 Å². The molecule has 0 aromatic heterocycles. The lowest BCUT2D eigenvalue weighted by molar-refractivity contribution is 0.137. The summed E-state index contributed by atoms with van der Waals surface area (Å²) in [6.45, 7) is 6.09. The number of rotatable bonds is 3. The minimum Gasteiger partial charge on any atom is -0.391 e. The summed E-state index contributed by atoms with van der Waals surface area (Å²) in [6, 6.07) is 0.144. The number of carbonyl (C=O) groups is 1. The van der Waals surface area contributed by atoms with Crippen LogP contribution >= 0.6 is 0 Å². The van der Waals surface area contributed by atoms with Crippen LogP contribution in [-0.4, -0.2) is 59.3 Å². The van der Waals surface area contributed by atoms with Crippen molar-refractivity contribution in [2.45, 2.75) is 32.4 Å². The molecule has 0 radical (unpaired) electrons. The second-order valence-corrected chi connectivity index (χ2v) is 4.25. The number of hydrogen-bond donors (Lipinski definition) is 2. The van der Waals surface area contributed by atoms with Crippen LogP contribution in [0.15, 0.2) is 0 Å².